The molecule has 43 heavy (non-hydrogen) atoms. The molecular weight excluding hydrogens is 655 g/mol. The number of anilines is 2. The van der Waals surface area contributed by atoms with Crippen LogP contribution in [0, 0.1) is 5.82 Å². The molecule has 0 spiro atoms. The number of aromatic nitrogens is 1. The Kier molecular flexibility index (Phi) is 10.0. The summed E-state index contributed by atoms with van der Waals surface area (Å²) in [4.78, 5) is 17.3. The summed E-state index contributed by atoms with van der Waals surface area (Å²) in [5, 5.41) is 10.7. The van der Waals surface area contributed by atoms with Crippen molar-refractivity contribution in [3.8, 4) is 22.8 Å². The molecule has 1 aromatic heterocycles. The Hall–Kier alpha value is -4.25. The van der Waals surface area contributed by atoms with Crippen molar-refractivity contribution >= 4 is 61.8 Å². The van der Waals surface area contributed by atoms with Gasteiger partial charge in [-0.2, -0.15) is 5.10 Å². The van der Waals surface area contributed by atoms with Gasteiger partial charge in [0.1, 0.15) is 12.4 Å². The van der Waals surface area contributed by atoms with Crippen LogP contribution in [0.25, 0.3) is 11.3 Å². The summed E-state index contributed by atoms with van der Waals surface area (Å²) in [6, 6.07) is 24.4. The van der Waals surface area contributed by atoms with Crippen LogP contribution < -0.4 is 20.2 Å². The molecule has 0 atom stereocenters. The fourth-order valence-electron chi connectivity index (χ4n) is 3.97. The molecule has 1 amide bonds. The highest BCUT2D eigenvalue weighted by Gasteiger charge is 2.14. The van der Waals surface area contributed by atoms with Crippen LogP contribution in [0.4, 0.5) is 15.2 Å². The summed E-state index contributed by atoms with van der Waals surface area (Å²) >= 11 is 10.9. The monoisotopic (exact) mass is 678 g/mol. The number of amides is 1. The van der Waals surface area contributed by atoms with E-state index in [0.717, 1.165) is 22.1 Å². The Morgan fingerprint density at radius 3 is 2.58 bits per heavy atom. The molecule has 0 unspecified atom stereocenters. The summed E-state index contributed by atoms with van der Waals surface area (Å²) in [6.07, 6.45) is 1.50. The summed E-state index contributed by atoms with van der Waals surface area (Å²) in [7, 11) is 0. The number of benzene rings is 4. The van der Waals surface area contributed by atoms with Gasteiger partial charge in [0.05, 0.1) is 23.0 Å². The van der Waals surface area contributed by atoms with E-state index in [1.165, 1.54) is 23.6 Å². The van der Waals surface area contributed by atoms with E-state index in [1.54, 1.807) is 42.5 Å². The first-order chi connectivity index (χ1) is 20.9. The van der Waals surface area contributed by atoms with Gasteiger partial charge in [0.2, 0.25) is 0 Å². The zero-order chi connectivity index (χ0) is 30.2. The normalized spacial score (nSPS) is 11.0. The maximum Gasteiger partial charge on any atom is 0.271 e. The molecule has 4 aromatic carbocycles. The van der Waals surface area contributed by atoms with Gasteiger partial charge in [-0.1, -0.05) is 41.9 Å². The van der Waals surface area contributed by atoms with Crippen molar-refractivity contribution in [3.63, 3.8) is 0 Å². The number of carbonyl (C=O) groups excluding carboxylic acids is 1. The molecule has 1 heterocycles. The number of nitrogens with zero attached hydrogens (tertiary/aromatic N) is 2. The van der Waals surface area contributed by atoms with Gasteiger partial charge >= 0.3 is 0 Å². The lowest BCUT2D eigenvalue weighted by atomic mass is 10.1. The van der Waals surface area contributed by atoms with Crippen LogP contribution in [-0.2, 0) is 6.61 Å². The van der Waals surface area contributed by atoms with Gasteiger partial charge in [0, 0.05) is 32.8 Å². The number of halogens is 3. The van der Waals surface area contributed by atoms with Gasteiger partial charge in [0.15, 0.2) is 16.6 Å². The molecule has 5 aromatic rings. The number of ether oxygens (including phenoxy) is 2. The molecule has 7 nitrogen and oxygen atoms in total. The number of hydrazone groups is 1. The minimum Gasteiger partial charge on any atom is -0.490 e. The number of nitrogens with one attached hydrogen (secondary N) is 2. The molecule has 0 saturated carbocycles. The second kappa shape index (κ2) is 14.3. The van der Waals surface area contributed by atoms with Gasteiger partial charge < -0.3 is 14.8 Å². The van der Waals surface area contributed by atoms with Crippen LogP contribution in [0.15, 0.2) is 99.9 Å². The van der Waals surface area contributed by atoms with Crippen molar-refractivity contribution < 1.29 is 18.7 Å². The molecule has 11 heteroatoms. The Balaban J connectivity index is 1.20. The summed E-state index contributed by atoms with van der Waals surface area (Å²) < 4.78 is 26.3. The minimum absolute atomic E-state index is 0.0392. The highest BCUT2D eigenvalue weighted by atomic mass is 79.9. The first-order valence-electron chi connectivity index (χ1n) is 13.1. The van der Waals surface area contributed by atoms with Crippen LogP contribution >= 0.6 is 38.9 Å². The lowest BCUT2D eigenvalue weighted by molar-refractivity contribution is 0.0955. The standard InChI is InChI=1S/C32H25BrClFN4O3S/c1-2-41-29-16-20(15-26(33)30(29)42-18-23-5-3-4-6-27(23)35)17-36-39-31(40)22-9-7-21(8-10-22)28-19-43-32(38-28)37-25-13-11-24(34)12-14-25/h3-17,19H,2,18H2,1H3,(H,37,38)(H,39,40)/b36-17-. The second-order valence-corrected chi connectivity index (χ2v) is 11.2. The number of rotatable bonds is 11. The van der Waals surface area contributed by atoms with Crippen molar-refractivity contribution in [2.75, 3.05) is 11.9 Å². The van der Waals surface area contributed by atoms with E-state index in [2.05, 4.69) is 36.8 Å². The van der Waals surface area contributed by atoms with Gasteiger partial charge in [-0.05, 0) is 83.0 Å². The van der Waals surface area contributed by atoms with Crippen LogP contribution in [0.3, 0.4) is 0 Å². The number of thiazole rings is 1. The zero-order valence-electron chi connectivity index (χ0n) is 22.8. The third kappa shape index (κ3) is 7.98. The van der Waals surface area contributed by atoms with E-state index >= 15 is 0 Å². The molecule has 2 N–H and O–H groups in total. The maximum atomic E-state index is 14.0. The largest absolute Gasteiger partial charge is 0.490 e. The average Bonchev–Trinajstić information content (AvgIpc) is 3.47. The van der Waals surface area contributed by atoms with Crippen molar-refractivity contribution in [3.05, 3.63) is 122 Å². The third-order valence-corrected chi connectivity index (χ3v) is 7.68. The first-order valence-corrected chi connectivity index (χ1v) is 15.2. The van der Waals surface area contributed by atoms with Gasteiger partial charge in [-0.15, -0.1) is 11.3 Å². The smallest absolute Gasteiger partial charge is 0.271 e. The molecule has 5 rings (SSSR count). The molecule has 0 bridgehead atoms. The minimum atomic E-state index is -0.361. The molecule has 0 aliphatic rings. The topological polar surface area (TPSA) is 84.8 Å². The van der Waals surface area contributed by atoms with E-state index in [9.17, 15) is 9.18 Å². The summed E-state index contributed by atoms with van der Waals surface area (Å²) in [5.41, 5.74) is 6.66. The van der Waals surface area contributed by atoms with Gasteiger partial charge in [-0.3, -0.25) is 4.79 Å². The highest BCUT2D eigenvalue weighted by molar-refractivity contribution is 9.10. The average molecular weight is 680 g/mol. The molecule has 0 saturated heterocycles. The Labute approximate surface area is 265 Å². The SMILES string of the molecule is CCOc1cc(/C=N\NC(=O)c2ccc(-c3csc(Nc4ccc(Cl)cc4)n3)cc2)cc(Br)c1OCc1ccccc1F. The van der Waals surface area contributed by atoms with E-state index in [1.807, 2.05) is 48.7 Å². The number of hydrogen-bond acceptors (Lipinski definition) is 7. The Morgan fingerprint density at radius 2 is 1.84 bits per heavy atom. The maximum absolute atomic E-state index is 14.0. The van der Waals surface area contributed by atoms with Crippen LogP contribution in [0.1, 0.15) is 28.4 Å². The third-order valence-electron chi connectivity index (χ3n) is 6.08. The van der Waals surface area contributed by atoms with E-state index in [-0.39, 0.29) is 18.3 Å². The predicted octanol–water partition coefficient (Wildman–Crippen LogP) is 8.85. The lowest BCUT2D eigenvalue weighted by Gasteiger charge is -2.15. The van der Waals surface area contributed by atoms with E-state index in [4.69, 9.17) is 21.1 Å². The van der Waals surface area contributed by atoms with Crippen molar-refractivity contribution in [1.82, 2.24) is 10.4 Å². The van der Waals surface area contributed by atoms with Crippen LogP contribution in [0.2, 0.25) is 5.02 Å². The molecule has 0 fully saturated rings. The Bertz CT molecular complexity index is 1750. The van der Waals surface area contributed by atoms with Crippen LogP contribution in [-0.4, -0.2) is 23.7 Å². The summed E-state index contributed by atoms with van der Waals surface area (Å²) in [5.74, 6) is 0.204. The highest BCUT2D eigenvalue weighted by Crippen LogP contribution is 2.37. The zero-order valence-corrected chi connectivity index (χ0v) is 26.0. The summed E-state index contributed by atoms with van der Waals surface area (Å²) in [6.45, 7) is 2.29. The molecule has 0 aliphatic carbocycles. The fraction of sp³-hybridized carbons (Fsp3) is 0.0938. The van der Waals surface area contributed by atoms with Crippen molar-refractivity contribution in [2.45, 2.75) is 13.5 Å². The van der Waals surface area contributed by atoms with Crippen molar-refractivity contribution in [2.24, 2.45) is 5.10 Å². The first kappa shape index (κ1) is 30.2. The van der Waals surface area contributed by atoms with E-state index < -0.39 is 0 Å². The molecule has 218 valence electrons. The Morgan fingerprint density at radius 1 is 1.07 bits per heavy atom. The van der Waals surface area contributed by atoms with Crippen molar-refractivity contribution in [1.29, 1.82) is 0 Å². The van der Waals surface area contributed by atoms with Crippen LogP contribution in [0.5, 0.6) is 11.5 Å². The van der Waals surface area contributed by atoms with Gasteiger partial charge in [0.25, 0.3) is 5.91 Å². The quantitative estimate of drug-likeness (QED) is 0.108. The molecule has 0 aliphatic heterocycles. The second-order valence-electron chi connectivity index (χ2n) is 9.09. The van der Waals surface area contributed by atoms with E-state index in [0.29, 0.717) is 44.3 Å². The fourth-order valence-corrected chi connectivity index (χ4v) is 5.41. The molecular formula is C32H25BrClFN4O3S. The lowest BCUT2D eigenvalue weighted by Crippen LogP contribution is -2.17. The number of carbonyl (C=O) groups is 1. The number of hydrogen-bond donors (Lipinski definition) is 2. The van der Waals surface area contributed by atoms with Gasteiger partial charge in [-0.25, -0.2) is 14.8 Å². The molecule has 0 radical (unpaired) electrons. The predicted molar refractivity (Wildman–Crippen MR) is 173 cm³/mol.